The molecule has 1 saturated carbocycles. The van der Waals surface area contributed by atoms with Crippen LogP contribution in [0.15, 0.2) is 42.5 Å². The van der Waals surface area contributed by atoms with Crippen molar-refractivity contribution in [2.75, 3.05) is 13.2 Å². The summed E-state index contributed by atoms with van der Waals surface area (Å²) >= 11 is 0. The van der Waals surface area contributed by atoms with E-state index in [4.69, 9.17) is 9.47 Å². The highest BCUT2D eigenvalue weighted by atomic mass is 16.7. The summed E-state index contributed by atoms with van der Waals surface area (Å²) in [4.78, 5) is 0. The van der Waals surface area contributed by atoms with E-state index >= 15 is 0 Å². The third-order valence-electron chi connectivity index (χ3n) is 5.22. The average Bonchev–Trinajstić information content (AvgIpc) is 3.22. The molecule has 1 heterocycles. The van der Waals surface area contributed by atoms with Gasteiger partial charge in [-0.05, 0) is 36.1 Å². The van der Waals surface area contributed by atoms with Crippen LogP contribution in [0, 0.1) is 0 Å². The van der Waals surface area contributed by atoms with Gasteiger partial charge in [-0.1, -0.05) is 42.5 Å². The summed E-state index contributed by atoms with van der Waals surface area (Å²) in [6, 6.07) is 15.4. The molecule has 2 aromatic carbocycles. The molecule has 2 unspecified atom stereocenters. The van der Waals surface area contributed by atoms with Crippen LogP contribution in [0.5, 0.6) is 0 Å². The van der Waals surface area contributed by atoms with E-state index in [0.717, 1.165) is 26.0 Å². The van der Waals surface area contributed by atoms with E-state index in [2.05, 4.69) is 54.7 Å². The summed E-state index contributed by atoms with van der Waals surface area (Å²) < 4.78 is 12.2. The summed E-state index contributed by atoms with van der Waals surface area (Å²) in [5, 5.41) is 6.25. The van der Waals surface area contributed by atoms with Gasteiger partial charge in [0.25, 0.3) is 0 Å². The molecular weight excluding hydrogens is 286 g/mol. The summed E-state index contributed by atoms with van der Waals surface area (Å²) in [5.41, 5.74) is 1.34. The quantitative estimate of drug-likeness (QED) is 0.919. The van der Waals surface area contributed by atoms with Gasteiger partial charge in [-0.3, -0.25) is 0 Å². The van der Waals surface area contributed by atoms with Crippen molar-refractivity contribution in [3.05, 3.63) is 48.0 Å². The third kappa shape index (κ3) is 3.01. The van der Waals surface area contributed by atoms with Gasteiger partial charge < -0.3 is 14.8 Å². The van der Waals surface area contributed by atoms with Crippen LogP contribution in [-0.2, 0) is 9.47 Å². The molecular formula is C20H25NO2. The highest BCUT2D eigenvalue weighted by Crippen LogP contribution is 2.39. The molecule has 1 saturated heterocycles. The van der Waals surface area contributed by atoms with E-state index in [9.17, 15) is 0 Å². The molecule has 1 aliphatic heterocycles. The summed E-state index contributed by atoms with van der Waals surface area (Å²) in [6.07, 6.45) is 4.75. The van der Waals surface area contributed by atoms with Crippen molar-refractivity contribution in [1.82, 2.24) is 5.32 Å². The topological polar surface area (TPSA) is 30.5 Å². The summed E-state index contributed by atoms with van der Waals surface area (Å²) in [5.74, 6) is -0.255. The molecule has 2 fully saturated rings. The molecule has 2 aliphatic rings. The normalized spacial score (nSPS) is 24.5. The highest BCUT2D eigenvalue weighted by Gasteiger charge is 2.43. The first-order valence-corrected chi connectivity index (χ1v) is 8.79. The Morgan fingerprint density at radius 1 is 1.13 bits per heavy atom. The zero-order valence-corrected chi connectivity index (χ0v) is 13.8. The first-order chi connectivity index (χ1) is 11.3. The maximum atomic E-state index is 6.20. The second-order valence-electron chi connectivity index (χ2n) is 6.87. The molecule has 3 nitrogen and oxygen atoms in total. The number of nitrogens with one attached hydrogen (secondary N) is 1. The van der Waals surface area contributed by atoms with Gasteiger partial charge in [-0.25, -0.2) is 0 Å². The van der Waals surface area contributed by atoms with E-state index in [1.807, 2.05) is 0 Å². The van der Waals surface area contributed by atoms with Crippen LogP contribution < -0.4 is 5.32 Å². The lowest BCUT2D eigenvalue weighted by atomic mass is 9.99. The Labute approximate surface area is 138 Å². The molecule has 23 heavy (non-hydrogen) atoms. The summed E-state index contributed by atoms with van der Waals surface area (Å²) in [7, 11) is 0. The van der Waals surface area contributed by atoms with Crippen molar-refractivity contribution in [2.45, 2.75) is 50.5 Å². The van der Waals surface area contributed by atoms with E-state index in [0.29, 0.717) is 6.04 Å². The zero-order chi connectivity index (χ0) is 15.7. The van der Waals surface area contributed by atoms with E-state index in [1.54, 1.807) is 0 Å². The molecule has 4 rings (SSSR count). The number of hydrogen-bond donors (Lipinski definition) is 1. The predicted octanol–water partition coefficient (Wildman–Crippen LogP) is 4.18. The molecule has 2 aromatic rings. The van der Waals surface area contributed by atoms with Crippen molar-refractivity contribution in [3.8, 4) is 0 Å². The van der Waals surface area contributed by atoms with E-state index in [-0.39, 0.29) is 11.9 Å². The Morgan fingerprint density at radius 2 is 1.91 bits per heavy atom. The first-order valence-electron chi connectivity index (χ1n) is 8.79. The largest absolute Gasteiger partial charge is 0.347 e. The van der Waals surface area contributed by atoms with Crippen molar-refractivity contribution >= 4 is 10.8 Å². The Hall–Kier alpha value is -1.42. The van der Waals surface area contributed by atoms with E-state index < -0.39 is 0 Å². The van der Waals surface area contributed by atoms with Crippen LogP contribution in [0.1, 0.15) is 44.2 Å². The van der Waals surface area contributed by atoms with Crippen LogP contribution >= 0.6 is 0 Å². The number of rotatable bonds is 4. The fourth-order valence-electron chi connectivity index (χ4n) is 3.94. The number of fused-ring (bicyclic) bond motifs is 1. The van der Waals surface area contributed by atoms with Crippen LogP contribution in [0.4, 0.5) is 0 Å². The van der Waals surface area contributed by atoms with Gasteiger partial charge in [-0.2, -0.15) is 0 Å². The second kappa shape index (κ2) is 6.23. The first kappa shape index (κ1) is 15.1. The van der Waals surface area contributed by atoms with Crippen LogP contribution in [0.2, 0.25) is 0 Å². The Bertz CT molecular complexity index is 673. The lowest BCUT2D eigenvalue weighted by Gasteiger charge is -2.23. The molecule has 3 heteroatoms. The van der Waals surface area contributed by atoms with Crippen LogP contribution in [0.3, 0.4) is 0 Å². The Morgan fingerprint density at radius 3 is 2.78 bits per heavy atom. The van der Waals surface area contributed by atoms with Crippen molar-refractivity contribution < 1.29 is 9.47 Å². The minimum atomic E-state index is -0.255. The molecule has 2 atom stereocenters. The number of ether oxygens (including phenoxy) is 2. The maximum Gasteiger partial charge on any atom is 0.168 e. The van der Waals surface area contributed by atoms with Gasteiger partial charge in [0.1, 0.15) is 0 Å². The Balaban J connectivity index is 1.41. The van der Waals surface area contributed by atoms with Crippen molar-refractivity contribution in [3.63, 3.8) is 0 Å². The fourth-order valence-corrected chi connectivity index (χ4v) is 3.94. The van der Waals surface area contributed by atoms with Gasteiger partial charge in [0, 0.05) is 25.4 Å². The molecule has 122 valence electrons. The molecule has 1 aliphatic carbocycles. The fraction of sp³-hybridized carbons (Fsp3) is 0.500. The molecule has 0 radical (unpaired) electrons. The van der Waals surface area contributed by atoms with Crippen molar-refractivity contribution in [1.29, 1.82) is 0 Å². The highest BCUT2D eigenvalue weighted by molar-refractivity contribution is 5.86. The smallest absolute Gasteiger partial charge is 0.168 e. The van der Waals surface area contributed by atoms with Gasteiger partial charge in [0.15, 0.2) is 5.79 Å². The molecule has 0 amide bonds. The predicted molar refractivity (Wildman–Crippen MR) is 92.4 cm³/mol. The van der Waals surface area contributed by atoms with Gasteiger partial charge in [-0.15, -0.1) is 0 Å². The lowest BCUT2D eigenvalue weighted by molar-refractivity contribution is -0.161. The van der Waals surface area contributed by atoms with Gasteiger partial charge >= 0.3 is 0 Å². The van der Waals surface area contributed by atoms with Gasteiger partial charge in [0.2, 0.25) is 0 Å². The summed E-state index contributed by atoms with van der Waals surface area (Å²) in [6.45, 7) is 3.78. The average molecular weight is 311 g/mol. The second-order valence-corrected chi connectivity index (χ2v) is 6.87. The van der Waals surface area contributed by atoms with Crippen molar-refractivity contribution in [2.24, 2.45) is 0 Å². The van der Waals surface area contributed by atoms with Crippen LogP contribution in [-0.4, -0.2) is 25.0 Å². The maximum absolute atomic E-state index is 6.20. The lowest BCUT2D eigenvalue weighted by Crippen LogP contribution is -2.33. The zero-order valence-electron chi connectivity index (χ0n) is 13.8. The molecule has 1 spiro atoms. The molecule has 0 bridgehead atoms. The molecule has 0 aromatic heterocycles. The van der Waals surface area contributed by atoms with Crippen LogP contribution in [0.25, 0.3) is 10.8 Å². The SMILES string of the molecule is CC(NCC1COC2(CCCC2)O1)c1cccc2ccccc12. The molecule has 1 N–H and O–H groups in total. The number of benzene rings is 2. The standard InChI is InChI=1S/C20H25NO2/c1-15(18-10-6-8-16-7-2-3-9-19(16)18)21-13-17-14-22-20(23-17)11-4-5-12-20/h2-3,6-10,15,17,21H,4-5,11-14H2,1H3. The Kier molecular flexibility index (Phi) is 4.10. The monoisotopic (exact) mass is 311 g/mol. The van der Waals surface area contributed by atoms with Gasteiger partial charge in [0.05, 0.1) is 12.7 Å². The number of hydrogen-bond acceptors (Lipinski definition) is 3. The van der Waals surface area contributed by atoms with E-state index in [1.165, 1.54) is 29.2 Å². The third-order valence-corrected chi connectivity index (χ3v) is 5.22. The minimum absolute atomic E-state index is 0.172. The minimum Gasteiger partial charge on any atom is -0.347 e.